The molecule has 0 saturated heterocycles. The van der Waals surface area contributed by atoms with Gasteiger partial charge in [-0.25, -0.2) is 9.38 Å². The number of halogens is 1. The molecule has 3 aromatic carbocycles. The van der Waals surface area contributed by atoms with E-state index in [1.807, 2.05) is 42.5 Å². The van der Waals surface area contributed by atoms with Gasteiger partial charge in [0.2, 0.25) is 0 Å². The monoisotopic (exact) mass is 461 g/mol. The summed E-state index contributed by atoms with van der Waals surface area (Å²) in [5.41, 5.74) is 2.99. The molecule has 2 heterocycles. The van der Waals surface area contributed by atoms with Crippen LogP contribution >= 0.6 is 22.9 Å². The number of hydrogen-bond donors (Lipinski definition) is 1. The summed E-state index contributed by atoms with van der Waals surface area (Å²) < 4.78 is 7.80. The lowest BCUT2D eigenvalue weighted by molar-refractivity contribution is -0.118. The molecule has 0 spiro atoms. The minimum Gasteiger partial charge on any atom is -0.484 e. The van der Waals surface area contributed by atoms with E-state index in [0.29, 0.717) is 26.0 Å². The number of hydrogen-bond acceptors (Lipinski definition) is 5. The van der Waals surface area contributed by atoms with Crippen molar-refractivity contribution in [1.29, 1.82) is 0 Å². The Labute approximate surface area is 191 Å². The molecule has 0 bridgehead atoms. The number of fused-ring (bicyclic) bond motifs is 3. The van der Waals surface area contributed by atoms with Gasteiger partial charge in [0.05, 0.1) is 15.6 Å². The number of aromatic nitrogens is 2. The van der Waals surface area contributed by atoms with Gasteiger partial charge >= 0.3 is 0 Å². The summed E-state index contributed by atoms with van der Waals surface area (Å²) >= 11 is 7.27. The third kappa shape index (κ3) is 4.08. The lowest BCUT2D eigenvalue weighted by Crippen LogP contribution is -2.22. The Morgan fingerprint density at radius 1 is 1.09 bits per heavy atom. The molecule has 158 valence electrons. The highest BCUT2D eigenvalue weighted by Gasteiger charge is 2.10. The maximum atomic E-state index is 12.8. The second-order valence-electron chi connectivity index (χ2n) is 7.05. The number of imidazole rings is 1. The number of rotatable bonds is 5. The average Bonchev–Trinajstić information content (AvgIpc) is 3.29. The van der Waals surface area contributed by atoms with E-state index in [1.165, 1.54) is 11.3 Å². The summed E-state index contributed by atoms with van der Waals surface area (Å²) in [7, 11) is 0. The third-order valence-corrected chi connectivity index (χ3v) is 6.01. The topological polar surface area (TPSA) is 72.7 Å². The molecule has 5 rings (SSSR count). The van der Waals surface area contributed by atoms with Crippen molar-refractivity contribution in [2.75, 3.05) is 11.9 Å². The number of amides is 1. The largest absolute Gasteiger partial charge is 0.484 e. The van der Waals surface area contributed by atoms with Crippen molar-refractivity contribution < 1.29 is 9.53 Å². The van der Waals surface area contributed by atoms with E-state index >= 15 is 0 Å². The fourth-order valence-electron chi connectivity index (χ4n) is 3.34. The third-order valence-electron chi connectivity index (χ3n) is 4.80. The van der Waals surface area contributed by atoms with Crippen LogP contribution in [0.3, 0.4) is 0 Å². The SMILES string of the molecule is O=C(COc1ccc(/C=c2/sc3nc4ccccc4n3c2=O)cc1)Nc1cccc(Cl)c1. The highest BCUT2D eigenvalue weighted by Crippen LogP contribution is 2.17. The average molecular weight is 462 g/mol. The minimum absolute atomic E-state index is 0.0864. The van der Waals surface area contributed by atoms with Crippen molar-refractivity contribution in [3.63, 3.8) is 0 Å². The standard InChI is InChI=1S/C24H16ClN3O3S/c25-16-4-3-5-17(13-16)26-22(29)14-31-18-10-8-15(9-11-18)12-21-23(30)28-20-7-2-1-6-19(20)27-24(28)32-21/h1-13H,14H2,(H,26,29)/b21-12+. The molecular weight excluding hydrogens is 446 g/mol. The smallest absolute Gasteiger partial charge is 0.274 e. The summed E-state index contributed by atoms with van der Waals surface area (Å²) in [6.07, 6.45) is 1.83. The van der Waals surface area contributed by atoms with Crippen LogP contribution in [-0.4, -0.2) is 21.9 Å². The molecule has 0 aliphatic carbocycles. The first kappa shape index (κ1) is 20.2. The van der Waals surface area contributed by atoms with Crippen molar-refractivity contribution in [3.05, 3.63) is 98.3 Å². The van der Waals surface area contributed by atoms with Crippen LogP contribution in [0.25, 0.3) is 22.1 Å². The summed E-state index contributed by atoms with van der Waals surface area (Å²) in [5, 5.41) is 3.28. The van der Waals surface area contributed by atoms with Crippen molar-refractivity contribution in [2.24, 2.45) is 0 Å². The van der Waals surface area contributed by atoms with Crippen molar-refractivity contribution in [3.8, 4) is 5.75 Å². The number of anilines is 1. The van der Waals surface area contributed by atoms with Gasteiger partial charge in [-0.3, -0.25) is 9.59 Å². The Morgan fingerprint density at radius 2 is 1.91 bits per heavy atom. The molecular formula is C24H16ClN3O3S. The molecule has 8 heteroatoms. The normalized spacial score (nSPS) is 11.8. The van der Waals surface area contributed by atoms with E-state index in [9.17, 15) is 9.59 Å². The number of benzene rings is 3. The molecule has 0 fully saturated rings. The Hall–Kier alpha value is -3.68. The first-order valence-corrected chi connectivity index (χ1v) is 11.0. The maximum absolute atomic E-state index is 12.8. The van der Waals surface area contributed by atoms with Gasteiger partial charge in [0.25, 0.3) is 11.5 Å². The molecule has 0 atom stereocenters. The number of para-hydroxylation sites is 2. The Morgan fingerprint density at radius 3 is 2.72 bits per heavy atom. The van der Waals surface area contributed by atoms with Gasteiger partial charge in [-0.1, -0.05) is 53.3 Å². The predicted octanol–water partition coefficient (Wildman–Crippen LogP) is 4.13. The van der Waals surface area contributed by atoms with Crippen LogP contribution in [0.2, 0.25) is 5.02 Å². The maximum Gasteiger partial charge on any atom is 0.274 e. The zero-order valence-corrected chi connectivity index (χ0v) is 18.2. The number of carbonyl (C=O) groups is 1. The molecule has 0 aliphatic rings. The molecule has 2 aromatic heterocycles. The van der Waals surface area contributed by atoms with Gasteiger partial charge in [-0.05, 0) is 54.1 Å². The lowest BCUT2D eigenvalue weighted by Gasteiger charge is -2.08. The molecule has 0 unspecified atom stereocenters. The van der Waals surface area contributed by atoms with E-state index in [2.05, 4.69) is 10.3 Å². The van der Waals surface area contributed by atoms with Gasteiger partial charge in [-0.2, -0.15) is 0 Å². The second-order valence-corrected chi connectivity index (χ2v) is 8.50. The molecule has 1 amide bonds. The molecule has 0 aliphatic heterocycles. The fraction of sp³-hybridized carbons (Fsp3) is 0.0417. The molecule has 6 nitrogen and oxygen atoms in total. The van der Waals surface area contributed by atoms with Crippen molar-refractivity contribution in [1.82, 2.24) is 9.38 Å². The quantitative estimate of drug-likeness (QED) is 0.427. The zero-order chi connectivity index (χ0) is 22.1. The molecule has 5 aromatic rings. The van der Waals surface area contributed by atoms with Crippen LogP contribution in [0.5, 0.6) is 5.75 Å². The Kier molecular flexibility index (Phi) is 5.34. The van der Waals surface area contributed by atoms with Crippen LogP contribution in [-0.2, 0) is 4.79 Å². The van der Waals surface area contributed by atoms with E-state index in [1.54, 1.807) is 40.8 Å². The Balaban J connectivity index is 1.29. The van der Waals surface area contributed by atoms with E-state index < -0.39 is 0 Å². The molecule has 0 saturated carbocycles. The number of nitrogens with zero attached hydrogens (tertiary/aromatic N) is 2. The van der Waals surface area contributed by atoms with Crippen molar-refractivity contribution in [2.45, 2.75) is 0 Å². The molecule has 0 radical (unpaired) electrons. The number of carbonyl (C=O) groups excluding carboxylic acids is 1. The van der Waals surface area contributed by atoms with Gasteiger partial charge in [0.1, 0.15) is 5.75 Å². The fourth-order valence-corrected chi connectivity index (χ4v) is 4.51. The molecule has 32 heavy (non-hydrogen) atoms. The second kappa shape index (κ2) is 8.45. The van der Waals surface area contributed by atoms with Crippen LogP contribution < -0.4 is 20.1 Å². The van der Waals surface area contributed by atoms with Crippen LogP contribution in [0.4, 0.5) is 5.69 Å². The highest BCUT2D eigenvalue weighted by atomic mass is 35.5. The van der Waals surface area contributed by atoms with E-state index in [0.717, 1.165) is 16.6 Å². The van der Waals surface area contributed by atoms with E-state index in [-0.39, 0.29) is 18.1 Å². The molecule has 1 N–H and O–H groups in total. The zero-order valence-electron chi connectivity index (χ0n) is 16.6. The summed E-state index contributed by atoms with van der Waals surface area (Å²) in [4.78, 5) is 30.1. The van der Waals surface area contributed by atoms with Crippen LogP contribution in [0, 0.1) is 0 Å². The van der Waals surface area contributed by atoms with E-state index in [4.69, 9.17) is 16.3 Å². The van der Waals surface area contributed by atoms with Gasteiger partial charge < -0.3 is 10.1 Å². The van der Waals surface area contributed by atoms with Crippen LogP contribution in [0.1, 0.15) is 5.56 Å². The highest BCUT2D eigenvalue weighted by molar-refractivity contribution is 7.15. The summed E-state index contributed by atoms with van der Waals surface area (Å²) in [5.74, 6) is 0.269. The summed E-state index contributed by atoms with van der Waals surface area (Å²) in [6.45, 7) is -0.129. The Bertz CT molecular complexity index is 1560. The lowest BCUT2D eigenvalue weighted by atomic mass is 10.2. The number of ether oxygens (including phenoxy) is 1. The predicted molar refractivity (Wildman–Crippen MR) is 128 cm³/mol. The number of nitrogens with one attached hydrogen (secondary N) is 1. The minimum atomic E-state index is -0.284. The van der Waals surface area contributed by atoms with Gasteiger partial charge in [0, 0.05) is 10.7 Å². The van der Waals surface area contributed by atoms with Crippen molar-refractivity contribution >= 4 is 56.6 Å². The first-order valence-electron chi connectivity index (χ1n) is 9.77. The summed E-state index contributed by atoms with van der Waals surface area (Å²) in [6, 6.07) is 21.7. The van der Waals surface area contributed by atoms with Gasteiger partial charge in [0.15, 0.2) is 11.6 Å². The first-order chi connectivity index (χ1) is 15.6. The van der Waals surface area contributed by atoms with Gasteiger partial charge in [-0.15, -0.1) is 0 Å². The number of thiazole rings is 1. The van der Waals surface area contributed by atoms with Crippen LogP contribution in [0.15, 0.2) is 77.6 Å².